The van der Waals surface area contributed by atoms with Crippen molar-refractivity contribution in [2.24, 2.45) is 0 Å². The number of nitro benzene ring substituents is 1. The van der Waals surface area contributed by atoms with Crippen molar-refractivity contribution in [1.82, 2.24) is 4.90 Å². The molecule has 0 radical (unpaired) electrons. The van der Waals surface area contributed by atoms with Gasteiger partial charge in [-0.15, -0.1) is 0 Å². The van der Waals surface area contributed by atoms with Crippen LogP contribution in [0, 0.1) is 10.1 Å². The molecule has 196 valence electrons. The predicted molar refractivity (Wildman–Crippen MR) is 145 cm³/mol. The first-order chi connectivity index (χ1) is 18.5. The summed E-state index contributed by atoms with van der Waals surface area (Å²) in [4.78, 5) is 41.7. The van der Waals surface area contributed by atoms with Crippen molar-refractivity contribution in [3.05, 3.63) is 88.0 Å². The minimum atomic E-state index is -0.479. The first kappa shape index (κ1) is 25.4. The second-order valence-electron chi connectivity index (χ2n) is 9.56. The fourth-order valence-electron chi connectivity index (χ4n) is 5.07. The molecule has 2 heterocycles. The molecule has 2 aliphatic heterocycles. The van der Waals surface area contributed by atoms with E-state index in [0.717, 1.165) is 26.1 Å². The van der Waals surface area contributed by atoms with Gasteiger partial charge in [-0.1, -0.05) is 36.8 Å². The molecule has 0 unspecified atom stereocenters. The van der Waals surface area contributed by atoms with Gasteiger partial charge in [-0.2, -0.15) is 0 Å². The third-order valence-electron chi connectivity index (χ3n) is 6.93. The number of carbonyl (C=O) groups is 2. The number of hydrogen-bond donors (Lipinski definition) is 1. The minimum Gasteiger partial charge on any atom is -0.487 e. The van der Waals surface area contributed by atoms with Crippen molar-refractivity contribution in [3.8, 4) is 5.75 Å². The topological polar surface area (TPSA) is 105 Å². The van der Waals surface area contributed by atoms with Crippen molar-refractivity contribution >= 4 is 34.6 Å². The molecule has 1 N–H and O–H groups in total. The number of hydrogen-bond acceptors (Lipinski definition) is 6. The summed E-state index contributed by atoms with van der Waals surface area (Å²) in [6.45, 7) is 3.49. The van der Waals surface area contributed by atoms with Crippen LogP contribution in [-0.4, -0.2) is 47.9 Å². The van der Waals surface area contributed by atoms with Crippen molar-refractivity contribution in [1.29, 1.82) is 0 Å². The Kier molecular flexibility index (Phi) is 7.65. The molecule has 9 heteroatoms. The van der Waals surface area contributed by atoms with E-state index in [9.17, 15) is 19.7 Å². The number of ether oxygens (including phenoxy) is 1. The molecule has 1 fully saturated rings. The van der Waals surface area contributed by atoms with E-state index in [1.54, 1.807) is 60.7 Å². The Balaban J connectivity index is 1.34. The molecule has 0 bridgehead atoms. The molecule has 9 nitrogen and oxygen atoms in total. The standard InChI is InChI=1S/C29H30N4O5/c34-28(32-24-11-4-2-9-22(24)29(35)30-23-10-3-5-12-25(23)32)20-21-13-14-27(26(19-21)33(36)37)38-18-8-17-31-15-6-1-7-16-31/h2-5,9-14,19H,1,6-8,15-18,20H2,(H,30,35). The van der Waals surface area contributed by atoms with Crippen LogP contribution in [0.4, 0.5) is 22.7 Å². The number of carbonyl (C=O) groups excluding carboxylic acids is 2. The zero-order chi connectivity index (χ0) is 26.5. The molecule has 2 amide bonds. The highest BCUT2D eigenvalue weighted by atomic mass is 16.6. The Morgan fingerprint density at radius 3 is 2.50 bits per heavy atom. The molecule has 38 heavy (non-hydrogen) atoms. The smallest absolute Gasteiger partial charge is 0.311 e. The van der Waals surface area contributed by atoms with E-state index < -0.39 is 4.92 Å². The predicted octanol–water partition coefficient (Wildman–Crippen LogP) is 5.32. The summed E-state index contributed by atoms with van der Waals surface area (Å²) >= 11 is 0. The van der Waals surface area contributed by atoms with Crippen molar-refractivity contribution < 1.29 is 19.2 Å². The van der Waals surface area contributed by atoms with Gasteiger partial charge in [0.2, 0.25) is 5.91 Å². The van der Waals surface area contributed by atoms with Gasteiger partial charge in [0.25, 0.3) is 5.91 Å². The zero-order valence-corrected chi connectivity index (χ0v) is 21.1. The molecule has 3 aromatic carbocycles. The molecular weight excluding hydrogens is 484 g/mol. The summed E-state index contributed by atoms with van der Waals surface area (Å²) in [5, 5.41) is 14.7. The third-order valence-corrected chi connectivity index (χ3v) is 6.93. The number of anilines is 3. The number of likely N-dealkylation sites (tertiary alicyclic amines) is 1. The number of nitro groups is 1. The second kappa shape index (κ2) is 11.4. The number of para-hydroxylation sites is 3. The molecular formula is C29H30N4O5. The first-order valence-electron chi connectivity index (χ1n) is 13.0. The summed E-state index contributed by atoms with van der Waals surface area (Å²) in [5.41, 5.74) is 2.21. The molecule has 3 aromatic rings. The van der Waals surface area contributed by atoms with Crippen molar-refractivity contribution in [2.75, 3.05) is 36.5 Å². The van der Waals surface area contributed by atoms with Crippen LogP contribution >= 0.6 is 0 Å². The maximum Gasteiger partial charge on any atom is 0.311 e. The van der Waals surface area contributed by atoms with Gasteiger partial charge in [-0.05, 0) is 68.2 Å². The summed E-state index contributed by atoms with van der Waals surface area (Å²) in [6, 6.07) is 18.6. The monoisotopic (exact) mass is 514 g/mol. The molecule has 2 aliphatic rings. The average molecular weight is 515 g/mol. The van der Waals surface area contributed by atoms with E-state index in [1.165, 1.54) is 30.2 Å². The largest absolute Gasteiger partial charge is 0.487 e. The van der Waals surface area contributed by atoms with Gasteiger partial charge in [-0.25, -0.2) is 0 Å². The zero-order valence-electron chi connectivity index (χ0n) is 21.1. The Hall–Kier alpha value is -4.24. The fourth-order valence-corrected chi connectivity index (χ4v) is 5.07. The lowest BCUT2D eigenvalue weighted by atomic mass is 10.1. The van der Waals surface area contributed by atoms with Gasteiger partial charge in [0.1, 0.15) is 0 Å². The van der Waals surface area contributed by atoms with E-state index in [2.05, 4.69) is 10.2 Å². The molecule has 0 aliphatic carbocycles. The van der Waals surface area contributed by atoms with Crippen LogP contribution in [-0.2, 0) is 11.2 Å². The number of benzene rings is 3. The first-order valence-corrected chi connectivity index (χ1v) is 13.0. The highest BCUT2D eigenvalue weighted by Crippen LogP contribution is 2.38. The van der Waals surface area contributed by atoms with Gasteiger partial charge in [0.15, 0.2) is 5.75 Å². The summed E-state index contributed by atoms with van der Waals surface area (Å²) in [7, 11) is 0. The van der Waals surface area contributed by atoms with Gasteiger partial charge in [0.05, 0.1) is 40.6 Å². The van der Waals surface area contributed by atoms with E-state index in [4.69, 9.17) is 4.74 Å². The molecule has 1 saturated heterocycles. The van der Waals surface area contributed by atoms with Crippen molar-refractivity contribution in [3.63, 3.8) is 0 Å². The van der Waals surface area contributed by atoms with E-state index in [0.29, 0.717) is 34.8 Å². The Bertz CT molecular complexity index is 1350. The highest BCUT2D eigenvalue weighted by molar-refractivity contribution is 6.17. The number of piperidine rings is 1. The number of nitrogens with zero attached hydrogens (tertiary/aromatic N) is 3. The van der Waals surface area contributed by atoms with Crippen LogP contribution in [0.3, 0.4) is 0 Å². The maximum atomic E-state index is 13.7. The summed E-state index contributed by atoms with van der Waals surface area (Å²) in [6.07, 6.45) is 4.41. The van der Waals surface area contributed by atoms with Crippen LogP contribution in [0.25, 0.3) is 0 Å². The Morgan fingerprint density at radius 1 is 0.974 bits per heavy atom. The lowest BCUT2D eigenvalue weighted by Crippen LogP contribution is -2.31. The van der Waals surface area contributed by atoms with Gasteiger partial charge in [0, 0.05) is 12.6 Å². The van der Waals surface area contributed by atoms with E-state index >= 15 is 0 Å². The minimum absolute atomic E-state index is 0.0903. The van der Waals surface area contributed by atoms with E-state index in [-0.39, 0.29) is 29.7 Å². The normalized spacial score (nSPS) is 15.2. The maximum absolute atomic E-state index is 13.7. The van der Waals surface area contributed by atoms with Crippen molar-refractivity contribution in [2.45, 2.75) is 32.1 Å². The molecule has 0 saturated carbocycles. The molecule has 5 rings (SSSR count). The molecule has 0 aromatic heterocycles. The Morgan fingerprint density at radius 2 is 1.71 bits per heavy atom. The lowest BCUT2D eigenvalue weighted by molar-refractivity contribution is -0.385. The van der Waals surface area contributed by atoms with Crippen LogP contribution in [0.1, 0.15) is 41.6 Å². The number of nitrogens with one attached hydrogen (secondary N) is 1. The number of amides is 2. The number of rotatable bonds is 8. The summed E-state index contributed by atoms with van der Waals surface area (Å²) in [5.74, 6) is -0.420. The third kappa shape index (κ3) is 5.52. The van der Waals surface area contributed by atoms with Gasteiger partial charge < -0.3 is 15.0 Å². The van der Waals surface area contributed by atoms with Gasteiger partial charge >= 0.3 is 5.69 Å². The van der Waals surface area contributed by atoms with E-state index in [1.807, 2.05) is 0 Å². The quantitative estimate of drug-likeness (QED) is 0.248. The SMILES string of the molecule is O=C1Nc2ccccc2N(C(=O)Cc2ccc(OCCCN3CCCCC3)c([N+](=O)[O-])c2)c2ccccc21. The highest BCUT2D eigenvalue weighted by Gasteiger charge is 2.29. The van der Waals surface area contributed by atoms with Crippen LogP contribution in [0.15, 0.2) is 66.7 Å². The summed E-state index contributed by atoms with van der Waals surface area (Å²) < 4.78 is 5.78. The second-order valence-corrected chi connectivity index (χ2v) is 9.56. The average Bonchev–Trinajstić information content (AvgIpc) is 3.06. The lowest BCUT2D eigenvalue weighted by Gasteiger charge is -2.26. The fraction of sp³-hybridized carbons (Fsp3) is 0.310. The Labute approximate surface area is 221 Å². The molecule has 0 atom stereocenters. The molecule has 0 spiro atoms. The number of fused-ring (bicyclic) bond motifs is 2. The van der Waals surface area contributed by atoms with Gasteiger partial charge in [-0.3, -0.25) is 24.6 Å². The van der Waals surface area contributed by atoms with Crippen LogP contribution in [0.2, 0.25) is 0 Å². The van der Waals surface area contributed by atoms with Crippen LogP contribution < -0.4 is 15.0 Å². The van der Waals surface area contributed by atoms with Crippen LogP contribution in [0.5, 0.6) is 5.75 Å².